The highest BCUT2D eigenvalue weighted by Gasteiger charge is 2.36. The Balaban J connectivity index is 1.54. The fourth-order valence-electron chi connectivity index (χ4n) is 4.29. The molecule has 2 aromatic carbocycles. The summed E-state index contributed by atoms with van der Waals surface area (Å²) in [5.41, 5.74) is 9.17. The van der Waals surface area contributed by atoms with E-state index in [0.717, 1.165) is 43.4 Å². The van der Waals surface area contributed by atoms with Gasteiger partial charge in [-0.25, -0.2) is 0 Å². The number of hydrogen-bond acceptors (Lipinski definition) is 3. The molecule has 136 valence electrons. The number of amides is 1. The highest BCUT2D eigenvalue weighted by Crippen LogP contribution is 2.39. The minimum absolute atomic E-state index is 0.0361. The maximum Gasteiger partial charge on any atom is 0.255 e. The fraction of sp³-hybridized carbons (Fsp3) is 0.409. The van der Waals surface area contributed by atoms with Gasteiger partial charge < -0.3 is 15.8 Å². The van der Waals surface area contributed by atoms with Gasteiger partial charge >= 0.3 is 0 Å². The molecule has 0 bridgehead atoms. The lowest BCUT2D eigenvalue weighted by atomic mass is 9.68. The molecule has 4 heteroatoms. The first kappa shape index (κ1) is 17.1. The van der Waals surface area contributed by atoms with Crippen LogP contribution in [0.3, 0.4) is 0 Å². The molecule has 0 spiro atoms. The van der Waals surface area contributed by atoms with Gasteiger partial charge in [-0.3, -0.25) is 4.79 Å². The molecule has 4 rings (SSSR count). The average Bonchev–Trinajstić information content (AvgIpc) is 3.17. The molecular formula is C22H26N2O2. The number of nitrogens with one attached hydrogen (secondary N) is 1. The molecule has 26 heavy (non-hydrogen) atoms. The second-order valence-electron chi connectivity index (χ2n) is 7.56. The van der Waals surface area contributed by atoms with E-state index in [2.05, 4.69) is 29.6 Å². The van der Waals surface area contributed by atoms with Crippen molar-refractivity contribution in [2.75, 3.05) is 13.2 Å². The van der Waals surface area contributed by atoms with Crippen molar-refractivity contribution >= 4 is 5.91 Å². The Hall–Kier alpha value is -2.33. The van der Waals surface area contributed by atoms with Crippen LogP contribution in [0.25, 0.3) is 0 Å². The van der Waals surface area contributed by atoms with Crippen LogP contribution in [0.4, 0.5) is 0 Å². The van der Waals surface area contributed by atoms with Crippen LogP contribution in [-0.4, -0.2) is 25.1 Å². The molecule has 1 fully saturated rings. The van der Waals surface area contributed by atoms with Gasteiger partial charge in [-0.15, -0.1) is 0 Å². The zero-order valence-electron chi connectivity index (χ0n) is 15.0. The maximum atomic E-state index is 12.9. The normalized spacial score (nSPS) is 24.6. The fourth-order valence-corrected chi connectivity index (χ4v) is 4.29. The van der Waals surface area contributed by atoms with E-state index in [-0.39, 0.29) is 17.4 Å². The van der Waals surface area contributed by atoms with Gasteiger partial charge in [0.1, 0.15) is 5.75 Å². The van der Waals surface area contributed by atoms with E-state index >= 15 is 0 Å². The van der Waals surface area contributed by atoms with Gasteiger partial charge in [0.25, 0.3) is 5.91 Å². The molecule has 1 amide bonds. The Morgan fingerprint density at radius 3 is 2.65 bits per heavy atom. The van der Waals surface area contributed by atoms with Gasteiger partial charge in [0, 0.05) is 24.4 Å². The highest BCUT2D eigenvalue weighted by molar-refractivity contribution is 5.97. The van der Waals surface area contributed by atoms with Crippen LogP contribution in [0.2, 0.25) is 0 Å². The summed E-state index contributed by atoms with van der Waals surface area (Å²) in [6, 6.07) is 16.6. The standard InChI is InChI=1S/C22H26N2O2/c23-18-9-12-22(13-10-18,17-6-2-1-3-7-17)15-24-21(25)19-8-4-5-16-11-14-26-20(16)19/h1-8,18H,9-15,23H2,(H,24,25). The average molecular weight is 350 g/mol. The summed E-state index contributed by atoms with van der Waals surface area (Å²) in [4.78, 5) is 12.9. The van der Waals surface area contributed by atoms with E-state index in [1.807, 2.05) is 24.3 Å². The zero-order chi connectivity index (χ0) is 18.0. The summed E-state index contributed by atoms with van der Waals surface area (Å²) in [7, 11) is 0. The van der Waals surface area contributed by atoms with Crippen LogP contribution in [0.1, 0.15) is 47.2 Å². The molecule has 1 aliphatic carbocycles. The number of carbonyl (C=O) groups excluding carboxylic acids is 1. The van der Waals surface area contributed by atoms with E-state index < -0.39 is 0 Å². The molecule has 1 aliphatic heterocycles. The third-order valence-corrected chi connectivity index (χ3v) is 5.92. The van der Waals surface area contributed by atoms with Crippen LogP contribution in [0.5, 0.6) is 5.75 Å². The van der Waals surface area contributed by atoms with E-state index in [1.165, 1.54) is 5.56 Å². The monoisotopic (exact) mass is 350 g/mol. The summed E-state index contributed by atoms with van der Waals surface area (Å²) in [5, 5.41) is 3.19. The van der Waals surface area contributed by atoms with Crippen molar-refractivity contribution in [1.29, 1.82) is 0 Å². The third kappa shape index (κ3) is 3.21. The zero-order valence-corrected chi connectivity index (χ0v) is 15.0. The molecule has 1 saturated carbocycles. The lowest BCUT2D eigenvalue weighted by Gasteiger charge is -2.40. The van der Waals surface area contributed by atoms with Crippen molar-refractivity contribution < 1.29 is 9.53 Å². The van der Waals surface area contributed by atoms with Crippen molar-refractivity contribution in [1.82, 2.24) is 5.32 Å². The first-order valence-corrected chi connectivity index (χ1v) is 9.52. The van der Waals surface area contributed by atoms with Crippen LogP contribution < -0.4 is 15.8 Å². The SMILES string of the molecule is NC1CCC(CNC(=O)c2cccc3c2OCC3)(c2ccccc2)CC1. The van der Waals surface area contributed by atoms with E-state index in [4.69, 9.17) is 10.5 Å². The van der Waals surface area contributed by atoms with Gasteiger partial charge in [-0.05, 0) is 42.9 Å². The Morgan fingerprint density at radius 2 is 1.88 bits per heavy atom. The number of hydrogen-bond donors (Lipinski definition) is 2. The van der Waals surface area contributed by atoms with Crippen LogP contribution in [0.15, 0.2) is 48.5 Å². The van der Waals surface area contributed by atoms with Crippen molar-refractivity contribution in [3.05, 3.63) is 65.2 Å². The molecule has 0 atom stereocenters. The number of carbonyl (C=O) groups is 1. The molecule has 2 aliphatic rings. The number of para-hydroxylation sites is 1. The summed E-state index contributed by atoms with van der Waals surface area (Å²) in [5.74, 6) is 0.707. The number of rotatable bonds is 4. The van der Waals surface area contributed by atoms with Gasteiger partial charge in [-0.2, -0.15) is 0 Å². The van der Waals surface area contributed by atoms with Gasteiger partial charge in [0.05, 0.1) is 12.2 Å². The summed E-state index contributed by atoms with van der Waals surface area (Å²) < 4.78 is 5.69. The second-order valence-corrected chi connectivity index (χ2v) is 7.56. The van der Waals surface area contributed by atoms with E-state index in [1.54, 1.807) is 0 Å². The molecule has 4 nitrogen and oxygen atoms in total. The lowest BCUT2D eigenvalue weighted by molar-refractivity contribution is 0.0932. The predicted octanol–water partition coefficient (Wildman–Crippen LogP) is 3.19. The summed E-state index contributed by atoms with van der Waals surface area (Å²) in [6.07, 6.45) is 4.87. The largest absolute Gasteiger partial charge is 0.492 e. The number of fused-ring (bicyclic) bond motifs is 1. The quantitative estimate of drug-likeness (QED) is 0.890. The van der Waals surface area contributed by atoms with E-state index in [0.29, 0.717) is 18.7 Å². The van der Waals surface area contributed by atoms with Gasteiger partial charge in [0.2, 0.25) is 0 Å². The summed E-state index contributed by atoms with van der Waals surface area (Å²) in [6.45, 7) is 1.29. The first-order chi connectivity index (χ1) is 12.7. The maximum absolute atomic E-state index is 12.9. The number of nitrogens with two attached hydrogens (primary N) is 1. The van der Waals surface area contributed by atoms with Crippen molar-refractivity contribution in [2.24, 2.45) is 5.73 Å². The Morgan fingerprint density at radius 1 is 1.12 bits per heavy atom. The van der Waals surface area contributed by atoms with Crippen LogP contribution in [0, 0.1) is 0 Å². The second kappa shape index (κ2) is 7.12. The third-order valence-electron chi connectivity index (χ3n) is 5.92. The molecule has 0 saturated heterocycles. The van der Waals surface area contributed by atoms with E-state index in [9.17, 15) is 4.79 Å². The molecular weight excluding hydrogens is 324 g/mol. The molecule has 2 aromatic rings. The lowest BCUT2D eigenvalue weighted by Crippen LogP contribution is -2.45. The predicted molar refractivity (Wildman–Crippen MR) is 103 cm³/mol. The Bertz CT molecular complexity index is 780. The molecule has 0 unspecified atom stereocenters. The van der Waals surface area contributed by atoms with Crippen LogP contribution >= 0.6 is 0 Å². The topological polar surface area (TPSA) is 64.3 Å². The minimum atomic E-state index is -0.0473. The first-order valence-electron chi connectivity index (χ1n) is 9.52. The van der Waals surface area contributed by atoms with Gasteiger partial charge in [0.15, 0.2) is 0 Å². The number of benzene rings is 2. The molecule has 0 radical (unpaired) electrons. The molecule has 3 N–H and O–H groups in total. The van der Waals surface area contributed by atoms with Crippen molar-refractivity contribution in [3.8, 4) is 5.75 Å². The highest BCUT2D eigenvalue weighted by atomic mass is 16.5. The number of ether oxygens (including phenoxy) is 1. The minimum Gasteiger partial charge on any atom is -0.492 e. The van der Waals surface area contributed by atoms with Crippen molar-refractivity contribution in [2.45, 2.75) is 43.6 Å². The summed E-state index contributed by atoms with van der Waals surface area (Å²) >= 11 is 0. The molecule has 0 aromatic heterocycles. The Kier molecular flexibility index (Phi) is 4.68. The Labute approximate surface area is 154 Å². The van der Waals surface area contributed by atoms with Crippen molar-refractivity contribution in [3.63, 3.8) is 0 Å². The van der Waals surface area contributed by atoms with Gasteiger partial charge in [-0.1, -0.05) is 42.5 Å². The molecule has 1 heterocycles. The van der Waals surface area contributed by atoms with Crippen LogP contribution in [-0.2, 0) is 11.8 Å². The smallest absolute Gasteiger partial charge is 0.255 e.